The summed E-state index contributed by atoms with van der Waals surface area (Å²) in [5.41, 5.74) is 2.14. The predicted molar refractivity (Wildman–Crippen MR) is 109 cm³/mol. The Balaban J connectivity index is 1.56. The van der Waals surface area contributed by atoms with Crippen LogP contribution in [0.5, 0.6) is 5.75 Å². The van der Waals surface area contributed by atoms with Crippen molar-refractivity contribution in [1.82, 2.24) is 10.2 Å². The van der Waals surface area contributed by atoms with E-state index in [-0.39, 0.29) is 17.9 Å². The largest absolute Gasteiger partial charge is 0.489 e. The molecule has 1 heterocycles. The molecule has 148 valence electrons. The number of thioether (sulfide) groups is 1. The molecule has 28 heavy (non-hydrogen) atoms. The van der Waals surface area contributed by atoms with Crippen LogP contribution in [0.2, 0.25) is 0 Å². The Bertz CT molecular complexity index is 783. The molecule has 7 heteroatoms. The second kappa shape index (κ2) is 10.0. The van der Waals surface area contributed by atoms with Gasteiger partial charge in [0.25, 0.3) is 0 Å². The summed E-state index contributed by atoms with van der Waals surface area (Å²) in [6, 6.07) is 17.6. The molecule has 1 atom stereocenters. The quantitative estimate of drug-likeness (QED) is 0.720. The highest BCUT2D eigenvalue weighted by Gasteiger charge is 2.30. The Morgan fingerprint density at radius 3 is 2.61 bits per heavy atom. The molecule has 0 aliphatic carbocycles. The molecular formula is C21H24N2O4S. The van der Waals surface area contributed by atoms with Crippen LogP contribution < -0.4 is 10.1 Å². The summed E-state index contributed by atoms with van der Waals surface area (Å²) in [4.78, 5) is 25.6. The monoisotopic (exact) mass is 400 g/mol. The third kappa shape index (κ3) is 5.42. The number of carbonyl (C=O) groups excluding carboxylic acids is 2. The molecule has 1 aliphatic rings. The van der Waals surface area contributed by atoms with Gasteiger partial charge in [-0.25, -0.2) is 4.79 Å². The Kier molecular flexibility index (Phi) is 7.19. The predicted octanol–water partition coefficient (Wildman–Crippen LogP) is 3.59. The van der Waals surface area contributed by atoms with E-state index < -0.39 is 5.97 Å². The van der Waals surface area contributed by atoms with E-state index in [1.807, 2.05) is 54.6 Å². The van der Waals surface area contributed by atoms with Crippen LogP contribution in [0.4, 0.5) is 4.79 Å². The van der Waals surface area contributed by atoms with Crippen LogP contribution in [0.15, 0.2) is 54.6 Å². The van der Waals surface area contributed by atoms with Gasteiger partial charge >= 0.3 is 12.0 Å². The second-order valence-corrected chi connectivity index (χ2v) is 7.41. The van der Waals surface area contributed by atoms with Gasteiger partial charge in [0.1, 0.15) is 24.3 Å². The minimum atomic E-state index is -0.431. The first-order chi connectivity index (χ1) is 13.7. The lowest BCUT2D eigenvalue weighted by Crippen LogP contribution is -2.41. The van der Waals surface area contributed by atoms with Crippen molar-refractivity contribution in [3.8, 4) is 5.75 Å². The normalized spacial score (nSPS) is 15.9. The number of nitrogens with zero attached hydrogens (tertiary/aromatic N) is 1. The lowest BCUT2D eigenvalue weighted by Gasteiger charge is -2.24. The fraction of sp³-hybridized carbons (Fsp3) is 0.333. The molecule has 1 aliphatic heterocycles. The van der Waals surface area contributed by atoms with Gasteiger partial charge in [-0.1, -0.05) is 42.5 Å². The molecule has 0 bridgehead atoms. The maximum atomic E-state index is 12.4. The Morgan fingerprint density at radius 1 is 1.14 bits per heavy atom. The summed E-state index contributed by atoms with van der Waals surface area (Å²) < 4.78 is 10.7. The van der Waals surface area contributed by atoms with Crippen molar-refractivity contribution in [2.45, 2.75) is 18.9 Å². The van der Waals surface area contributed by atoms with Gasteiger partial charge in [-0.2, -0.15) is 0 Å². The first kappa shape index (κ1) is 20.1. The molecule has 2 aromatic rings. The Morgan fingerprint density at radius 2 is 1.89 bits per heavy atom. The van der Waals surface area contributed by atoms with Gasteiger partial charge in [-0.15, -0.1) is 11.8 Å². The van der Waals surface area contributed by atoms with Gasteiger partial charge in [0.15, 0.2) is 0 Å². The third-order valence-electron chi connectivity index (χ3n) is 4.25. The van der Waals surface area contributed by atoms with Crippen LogP contribution in [-0.2, 0) is 16.1 Å². The fourth-order valence-electron chi connectivity index (χ4n) is 2.89. The number of hydrogen-bond donors (Lipinski definition) is 1. The molecule has 3 rings (SSSR count). The lowest BCUT2D eigenvalue weighted by atomic mass is 10.2. The molecule has 2 aromatic carbocycles. The van der Waals surface area contributed by atoms with E-state index in [2.05, 4.69) is 5.32 Å². The van der Waals surface area contributed by atoms with Crippen LogP contribution in [0, 0.1) is 0 Å². The molecule has 0 unspecified atom stereocenters. The average Bonchev–Trinajstić information content (AvgIpc) is 3.22. The number of rotatable bonds is 7. The summed E-state index contributed by atoms with van der Waals surface area (Å²) in [6.45, 7) is 3.07. The van der Waals surface area contributed by atoms with E-state index in [1.165, 1.54) is 0 Å². The number of ether oxygens (including phenoxy) is 2. The van der Waals surface area contributed by atoms with Gasteiger partial charge in [-0.3, -0.25) is 4.79 Å². The number of carbonyl (C=O) groups is 2. The van der Waals surface area contributed by atoms with E-state index in [9.17, 15) is 9.59 Å². The van der Waals surface area contributed by atoms with Gasteiger partial charge in [-0.05, 0) is 30.2 Å². The maximum absolute atomic E-state index is 12.4. The summed E-state index contributed by atoms with van der Waals surface area (Å²) in [6.07, 6.45) is 0. The van der Waals surface area contributed by atoms with Crippen molar-refractivity contribution in [1.29, 1.82) is 0 Å². The number of benzene rings is 2. The highest BCUT2D eigenvalue weighted by atomic mass is 32.2. The van der Waals surface area contributed by atoms with Crippen molar-refractivity contribution >= 4 is 23.8 Å². The zero-order valence-electron chi connectivity index (χ0n) is 15.8. The zero-order valence-corrected chi connectivity index (χ0v) is 16.6. The highest BCUT2D eigenvalue weighted by molar-refractivity contribution is 7.99. The maximum Gasteiger partial charge on any atom is 0.325 e. The van der Waals surface area contributed by atoms with Crippen molar-refractivity contribution < 1.29 is 19.1 Å². The van der Waals surface area contributed by atoms with Gasteiger partial charge in [0, 0.05) is 12.3 Å². The van der Waals surface area contributed by atoms with Gasteiger partial charge < -0.3 is 19.7 Å². The van der Waals surface area contributed by atoms with Crippen LogP contribution in [-0.4, -0.2) is 42.3 Å². The average molecular weight is 401 g/mol. The topological polar surface area (TPSA) is 67.9 Å². The van der Waals surface area contributed by atoms with Crippen molar-refractivity contribution in [2.24, 2.45) is 0 Å². The molecule has 6 nitrogen and oxygen atoms in total. The molecule has 1 saturated heterocycles. The van der Waals surface area contributed by atoms with E-state index in [4.69, 9.17) is 9.47 Å². The SMILES string of the molecule is CCOC(=O)CNC(=O)N1CCS[C@H]1c1ccc(OCc2ccccc2)cc1. The summed E-state index contributed by atoms with van der Waals surface area (Å²) >= 11 is 1.70. The Labute approximate surface area is 169 Å². The minimum absolute atomic E-state index is 0.0784. The highest BCUT2D eigenvalue weighted by Crippen LogP contribution is 2.38. The molecule has 1 N–H and O–H groups in total. The molecular weight excluding hydrogens is 376 g/mol. The fourth-order valence-corrected chi connectivity index (χ4v) is 4.14. The lowest BCUT2D eigenvalue weighted by molar-refractivity contribution is -0.141. The van der Waals surface area contributed by atoms with Gasteiger partial charge in [0.05, 0.1) is 6.61 Å². The smallest absolute Gasteiger partial charge is 0.325 e. The molecule has 0 spiro atoms. The third-order valence-corrected chi connectivity index (χ3v) is 5.52. The Hall–Kier alpha value is -2.67. The molecule has 0 radical (unpaired) electrons. The van der Waals surface area contributed by atoms with Gasteiger partial charge in [0.2, 0.25) is 0 Å². The van der Waals surface area contributed by atoms with Crippen molar-refractivity contribution in [3.63, 3.8) is 0 Å². The summed E-state index contributed by atoms with van der Waals surface area (Å²) in [5, 5.41) is 2.55. The van der Waals surface area contributed by atoms with E-state index >= 15 is 0 Å². The van der Waals surface area contributed by atoms with E-state index in [1.54, 1.807) is 23.6 Å². The zero-order chi connectivity index (χ0) is 19.8. The van der Waals surface area contributed by atoms with Crippen LogP contribution in [0.1, 0.15) is 23.4 Å². The first-order valence-electron chi connectivity index (χ1n) is 9.25. The minimum Gasteiger partial charge on any atom is -0.489 e. The van der Waals surface area contributed by atoms with E-state index in [0.717, 1.165) is 22.6 Å². The van der Waals surface area contributed by atoms with E-state index in [0.29, 0.717) is 19.8 Å². The molecule has 1 fully saturated rings. The summed E-state index contributed by atoms with van der Waals surface area (Å²) in [5.74, 6) is 1.21. The first-order valence-corrected chi connectivity index (χ1v) is 10.3. The number of esters is 1. The van der Waals surface area contributed by atoms with Crippen LogP contribution in [0.25, 0.3) is 0 Å². The van der Waals surface area contributed by atoms with Crippen LogP contribution in [0.3, 0.4) is 0 Å². The number of urea groups is 1. The number of hydrogen-bond acceptors (Lipinski definition) is 5. The molecule has 0 saturated carbocycles. The standard InChI is InChI=1S/C21H24N2O4S/c1-2-26-19(24)14-22-21(25)23-12-13-28-20(23)17-8-10-18(11-9-17)27-15-16-6-4-3-5-7-16/h3-11,20H,2,12-15H2,1H3,(H,22,25)/t20-/m0/s1. The van der Waals surface area contributed by atoms with Crippen molar-refractivity contribution in [3.05, 3.63) is 65.7 Å². The van der Waals surface area contributed by atoms with Crippen LogP contribution >= 0.6 is 11.8 Å². The second-order valence-electron chi connectivity index (χ2n) is 6.22. The molecule has 2 amide bonds. The summed E-state index contributed by atoms with van der Waals surface area (Å²) in [7, 11) is 0. The number of amides is 2. The number of nitrogens with one attached hydrogen (secondary N) is 1. The van der Waals surface area contributed by atoms with Crippen molar-refractivity contribution in [2.75, 3.05) is 25.4 Å². The molecule has 0 aromatic heterocycles.